The first-order chi connectivity index (χ1) is 17.7. The number of thioether (sulfide) groups is 1. The first-order valence-corrected chi connectivity index (χ1v) is 13.3. The zero-order valence-corrected chi connectivity index (χ0v) is 22.5. The number of hydrogen-bond acceptors (Lipinski definition) is 7. The quantitative estimate of drug-likeness (QED) is 0.325. The highest BCUT2D eigenvalue weighted by molar-refractivity contribution is 7.98. The fourth-order valence-electron chi connectivity index (χ4n) is 5.29. The van der Waals surface area contributed by atoms with Crippen molar-refractivity contribution in [3.05, 3.63) is 86.3 Å². The van der Waals surface area contributed by atoms with E-state index in [1.54, 1.807) is 26.4 Å². The van der Waals surface area contributed by atoms with Crippen molar-refractivity contribution in [1.29, 1.82) is 0 Å². The summed E-state index contributed by atoms with van der Waals surface area (Å²) in [6.07, 6.45) is 1.08. The number of carbonyl (C=O) groups excluding carboxylic acids is 1. The molecule has 0 amide bonds. The maximum atomic E-state index is 13.6. The van der Waals surface area contributed by atoms with Crippen LogP contribution in [0, 0.1) is 12.3 Å². The summed E-state index contributed by atoms with van der Waals surface area (Å²) in [6, 6.07) is 13.7. The van der Waals surface area contributed by atoms with Crippen LogP contribution in [0.15, 0.2) is 63.7 Å². The number of benzene rings is 2. The first-order valence-electron chi connectivity index (χ1n) is 12.3. The van der Waals surface area contributed by atoms with Gasteiger partial charge in [-0.05, 0) is 42.5 Å². The normalized spacial score (nSPS) is 18.1. The summed E-state index contributed by atoms with van der Waals surface area (Å²) in [5, 5.41) is 3.91. The van der Waals surface area contributed by atoms with Crippen molar-refractivity contribution in [1.82, 2.24) is 9.97 Å². The van der Waals surface area contributed by atoms with Crippen molar-refractivity contribution in [3.8, 4) is 11.5 Å². The van der Waals surface area contributed by atoms with Gasteiger partial charge in [0.15, 0.2) is 10.9 Å². The Morgan fingerprint density at radius 1 is 1.08 bits per heavy atom. The molecule has 1 atom stereocenters. The lowest BCUT2D eigenvalue weighted by molar-refractivity contribution is -0.118. The third kappa shape index (κ3) is 4.90. The van der Waals surface area contributed by atoms with E-state index in [1.165, 1.54) is 17.3 Å². The second kappa shape index (κ2) is 9.74. The predicted octanol–water partition coefficient (Wildman–Crippen LogP) is 5.59. The minimum absolute atomic E-state index is 0.0246. The zero-order chi connectivity index (χ0) is 26.3. The Labute approximate surface area is 220 Å². The molecule has 1 aromatic heterocycles. The van der Waals surface area contributed by atoms with Crippen LogP contribution < -0.4 is 20.3 Å². The van der Waals surface area contributed by atoms with Gasteiger partial charge in [0.2, 0.25) is 0 Å². The molecule has 0 saturated heterocycles. The SMILES string of the molecule is COc1ccc(OC)c([C@H]2C3=C(CC(C)(C)CC3=O)Nc3nc(SCc4cccc(C)c4)[nH]c(=O)c32)c1. The van der Waals surface area contributed by atoms with Crippen molar-refractivity contribution in [3.63, 3.8) is 0 Å². The lowest BCUT2D eigenvalue weighted by atomic mass is 9.69. The Kier molecular flexibility index (Phi) is 6.62. The van der Waals surface area contributed by atoms with Crippen LogP contribution in [0.4, 0.5) is 5.82 Å². The third-order valence-corrected chi connectivity index (χ3v) is 7.85. The molecule has 2 aliphatic rings. The largest absolute Gasteiger partial charge is 0.497 e. The molecule has 1 aliphatic heterocycles. The fraction of sp³-hybridized carbons (Fsp3) is 0.345. The third-order valence-electron chi connectivity index (χ3n) is 6.91. The summed E-state index contributed by atoms with van der Waals surface area (Å²) in [5.41, 5.74) is 4.40. The number of ketones is 1. The van der Waals surface area contributed by atoms with Gasteiger partial charge in [-0.15, -0.1) is 0 Å². The van der Waals surface area contributed by atoms with E-state index in [0.29, 0.717) is 57.8 Å². The van der Waals surface area contributed by atoms with Gasteiger partial charge < -0.3 is 19.8 Å². The molecule has 0 radical (unpaired) electrons. The monoisotopic (exact) mass is 517 g/mol. The molecule has 0 saturated carbocycles. The number of aryl methyl sites for hydroxylation is 1. The molecule has 7 nitrogen and oxygen atoms in total. The van der Waals surface area contributed by atoms with Gasteiger partial charge in [-0.3, -0.25) is 9.59 Å². The first kappa shape index (κ1) is 25.1. The van der Waals surface area contributed by atoms with Crippen LogP contribution in [-0.4, -0.2) is 30.0 Å². The van der Waals surface area contributed by atoms with Crippen LogP contribution in [0.2, 0.25) is 0 Å². The molecule has 0 unspecified atom stereocenters. The van der Waals surface area contributed by atoms with Gasteiger partial charge in [0.1, 0.15) is 17.3 Å². The average Bonchev–Trinajstić information content (AvgIpc) is 2.85. The number of aromatic amines is 1. The number of ether oxygens (including phenoxy) is 2. The standard InChI is InChI=1S/C29H31N3O4S/c1-16-7-6-8-17(11-16)15-37-28-31-26-25(27(34)32-28)23(19-12-18(35-4)9-10-22(19)36-5)24-20(30-26)13-29(2,3)14-21(24)33/h6-12,23H,13-15H2,1-5H3,(H2,30,31,32,34)/t23-/m0/s1. The highest BCUT2D eigenvalue weighted by atomic mass is 32.2. The van der Waals surface area contributed by atoms with E-state index in [-0.39, 0.29) is 16.8 Å². The second-order valence-corrected chi connectivity index (χ2v) is 11.4. The lowest BCUT2D eigenvalue weighted by Gasteiger charge is -2.38. The van der Waals surface area contributed by atoms with Crippen molar-refractivity contribution >= 4 is 23.4 Å². The highest BCUT2D eigenvalue weighted by Crippen LogP contribution is 2.49. The Bertz CT molecular complexity index is 1470. The molecule has 37 heavy (non-hydrogen) atoms. The smallest absolute Gasteiger partial charge is 0.257 e. The Hall–Kier alpha value is -3.52. The molecule has 2 N–H and O–H groups in total. The molecular formula is C29H31N3O4S. The molecule has 2 heterocycles. The number of hydrogen-bond donors (Lipinski definition) is 2. The molecule has 1 aliphatic carbocycles. The molecule has 0 fully saturated rings. The topological polar surface area (TPSA) is 93.3 Å². The van der Waals surface area contributed by atoms with Crippen LogP contribution >= 0.6 is 11.8 Å². The molecule has 0 bridgehead atoms. The molecule has 8 heteroatoms. The summed E-state index contributed by atoms with van der Waals surface area (Å²) in [4.78, 5) is 35.0. The van der Waals surface area contributed by atoms with Crippen LogP contribution in [0.5, 0.6) is 11.5 Å². The number of fused-ring (bicyclic) bond motifs is 1. The molecule has 3 aromatic rings. The summed E-state index contributed by atoms with van der Waals surface area (Å²) < 4.78 is 11.2. The number of aromatic nitrogens is 2. The van der Waals surface area contributed by atoms with Crippen molar-refractivity contribution in [2.45, 2.75) is 50.4 Å². The van der Waals surface area contributed by atoms with E-state index in [2.05, 4.69) is 49.3 Å². The Morgan fingerprint density at radius 3 is 2.62 bits per heavy atom. The van der Waals surface area contributed by atoms with Gasteiger partial charge in [-0.25, -0.2) is 4.98 Å². The molecule has 0 spiro atoms. The number of carbonyl (C=O) groups is 1. The van der Waals surface area contributed by atoms with Gasteiger partial charge in [0, 0.05) is 29.0 Å². The number of anilines is 1. The van der Waals surface area contributed by atoms with Gasteiger partial charge in [-0.1, -0.05) is 55.4 Å². The maximum absolute atomic E-state index is 13.6. The molecular weight excluding hydrogens is 486 g/mol. The lowest BCUT2D eigenvalue weighted by Crippen LogP contribution is -2.37. The number of Topliss-reactive ketones (excluding diaryl/α,β-unsaturated/α-hetero) is 1. The number of nitrogens with one attached hydrogen (secondary N) is 2. The van der Waals surface area contributed by atoms with Gasteiger partial charge in [0.05, 0.1) is 25.7 Å². The molecule has 192 valence electrons. The van der Waals surface area contributed by atoms with Crippen LogP contribution in [0.1, 0.15) is 54.9 Å². The fourth-order valence-corrected chi connectivity index (χ4v) is 6.09. The van der Waals surface area contributed by atoms with E-state index < -0.39 is 5.92 Å². The highest BCUT2D eigenvalue weighted by Gasteiger charge is 2.43. The van der Waals surface area contributed by atoms with Crippen LogP contribution in [-0.2, 0) is 10.5 Å². The van der Waals surface area contributed by atoms with Gasteiger partial charge >= 0.3 is 0 Å². The van der Waals surface area contributed by atoms with E-state index in [1.807, 2.05) is 12.1 Å². The number of rotatable bonds is 6. The number of nitrogens with zero attached hydrogens (tertiary/aromatic N) is 1. The Morgan fingerprint density at radius 2 is 1.89 bits per heavy atom. The number of allylic oxidation sites excluding steroid dienone is 2. The Balaban J connectivity index is 1.64. The number of H-pyrrole nitrogens is 1. The van der Waals surface area contributed by atoms with Gasteiger partial charge in [0.25, 0.3) is 5.56 Å². The summed E-state index contributed by atoms with van der Waals surface area (Å²) >= 11 is 1.48. The zero-order valence-electron chi connectivity index (χ0n) is 21.7. The summed E-state index contributed by atoms with van der Waals surface area (Å²) in [6.45, 7) is 6.23. The minimum Gasteiger partial charge on any atom is -0.497 e. The molecule has 2 aromatic carbocycles. The minimum atomic E-state index is -0.619. The predicted molar refractivity (Wildman–Crippen MR) is 146 cm³/mol. The van der Waals surface area contributed by atoms with Crippen molar-refractivity contribution < 1.29 is 14.3 Å². The maximum Gasteiger partial charge on any atom is 0.257 e. The van der Waals surface area contributed by atoms with Crippen molar-refractivity contribution in [2.24, 2.45) is 5.41 Å². The molecule has 5 rings (SSSR count). The summed E-state index contributed by atoms with van der Waals surface area (Å²) in [5.74, 6) is 1.77. The van der Waals surface area contributed by atoms with Crippen molar-refractivity contribution in [2.75, 3.05) is 19.5 Å². The van der Waals surface area contributed by atoms with Gasteiger partial charge in [-0.2, -0.15) is 0 Å². The second-order valence-electron chi connectivity index (χ2n) is 10.4. The van der Waals surface area contributed by atoms with Crippen LogP contribution in [0.25, 0.3) is 0 Å². The van der Waals surface area contributed by atoms with E-state index >= 15 is 0 Å². The summed E-state index contributed by atoms with van der Waals surface area (Å²) in [7, 11) is 3.18. The van der Waals surface area contributed by atoms with E-state index in [4.69, 9.17) is 14.5 Å². The number of methoxy groups -OCH3 is 2. The van der Waals surface area contributed by atoms with E-state index in [0.717, 1.165) is 11.3 Å². The van der Waals surface area contributed by atoms with E-state index in [9.17, 15) is 9.59 Å². The average molecular weight is 518 g/mol. The van der Waals surface area contributed by atoms with Crippen LogP contribution in [0.3, 0.4) is 0 Å².